The molecule has 18 heavy (non-hydrogen) atoms. The van der Waals surface area contributed by atoms with Crippen molar-refractivity contribution < 1.29 is 18.0 Å². The van der Waals surface area contributed by atoms with Gasteiger partial charge in [0.25, 0.3) is 0 Å². The van der Waals surface area contributed by atoms with Crippen LogP contribution in [0, 0.1) is 0 Å². The number of ketones is 1. The van der Waals surface area contributed by atoms with Crippen LogP contribution >= 0.6 is 39.5 Å². The van der Waals surface area contributed by atoms with Crippen LogP contribution < -0.4 is 0 Å². The molecule has 1 aromatic carbocycles. The lowest BCUT2D eigenvalue weighted by Gasteiger charge is -2.13. The molecule has 0 saturated heterocycles. The van der Waals surface area contributed by atoms with E-state index in [1.165, 1.54) is 17.8 Å². The molecule has 0 aromatic heterocycles. The van der Waals surface area contributed by atoms with Gasteiger partial charge < -0.3 is 0 Å². The summed E-state index contributed by atoms with van der Waals surface area (Å²) in [5.74, 6) is -0.138. The van der Waals surface area contributed by atoms with Crippen molar-refractivity contribution in [3.63, 3.8) is 0 Å². The molecular formula is C11H10BrF3OS2. The molecule has 0 aliphatic rings. The minimum atomic E-state index is -4.34. The summed E-state index contributed by atoms with van der Waals surface area (Å²) in [5, 5.41) is 0.145. The van der Waals surface area contributed by atoms with Crippen LogP contribution in [0.25, 0.3) is 0 Å². The van der Waals surface area contributed by atoms with E-state index < -0.39 is 5.51 Å². The van der Waals surface area contributed by atoms with Crippen molar-refractivity contribution in [2.24, 2.45) is 0 Å². The smallest absolute Gasteiger partial charge is 0.298 e. The quantitative estimate of drug-likeness (QED) is 0.568. The summed E-state index contributed by atoms with van der Waals surface area (Å²) >= 11 is 4.19. The molecule has 0 fully saturated rings. The normalized spacial score (nSPS) is 11.6. The van der Waals surface area contributed by atoms with Crippen LogP contribution in [0.2, 0.25) is 0 Å². The third kappa shape index (κ3) is 4.85. The van der Waals surface area contributed by atoms with Gasteiger partial charge in [-0.25, -0.2) is 0 Å². The largest absolute Gasteiger partial charge is 0.446 e. The van der Waals surface area contributed by atoms with Crippen LogP contribution in [0.1, 0.15) is 5.56 Å². The van der Waals surface area contributed by atoms with Crippen LogP contribution in [-0.2, 0) is 11.2 Å². The molecule has 0 spiro atoms. The van der Waals surface area contributed by atoms with Crippen LogP contribution in [0.5, 0.6) is 0 Å². The van der Waals surface area contributed by atoms with E-state index in [4.69, 9.17) is 0 Å². The van der Waals surface area contributed by atoms with E-state index in [9.17, 15) is 18.0 Å². The van der Waals surface area contributed by atoms with Gasteiger partial charge in [-0.1, -0.05) is 22.0 Å². The first-order valence-electron chi connectivity index (χ1n) is 4.86. The number of rotatable bonds is 5. The average molecular weight is 359 g/mol. The SMILES string of the molecule is CSc1cccc(SC(F)(F)F)c1CC(=O)CBr. The Morgan fingerprint density at radius 3 is 2.44 bits per heavy atom. The van der Waals surface area contributed by atoms with Crippen LogP contribution in [-0.4, -0.2) is 22.9 Å². The molecule has 0 bridgehead atoms. The number of benzene rings is 1. The second-order valence-electron chi connectivity index (χ2n) is 3.33. The lowest BCUT2D eigenvalue weighted by Crippen LogP contribution is -2.08. The number of alkyl halides is 4. The third-order valence-corrected chi connectivity index (χ3v) is 4.34. The van der Waals surface area contributed by atoms with Crippen molar-refractivity contribution in [3.8, 4) is 0 Å². The van der Waals surface area contributed by atoms with Crippen molar-refractivity contribution in [1.29, 1.82) is 0 Å². The second kappa shape index (κ2) is 6.86. The van der Waals surface area contributed by atoms with E-state index in [-0.39, 0.29) is 34.2 Å². The van der Waals surface area contributed by atoms with Gasteiger partial charge in [0.05, 0.1) is 5.33 Å². The molecule has 100 valence electrons. The van der Waals surface area contributed by atoms with Crippen molar-refractivity contribution in [3.05, 3.63) is 23.8 Å². The maximum atomic E-state index is 12.4. The van der Waals surface area contributed by atoms with Crippen LogP contribution in [0.4, 0.5) is 13.2 Å². The summed E-state index contributed by atoms with van der Waals surface area (Å²) in [6.45, 7) is 0. The van der Waals surface area contributed by atoms with Gasteiger partial charge >= 0.3 is 5.51 Å². The second-order valence-corrected chi connectivity index (χ2v) is 5.85. The highest BCUT2D eigenvalue weighted by Gasteiger charge is 2.31. The first kappa shape index (κ1) is 15.9. The molecule has 0 aliphatic heterocycles. The fourth-order valence-electron chi connectivity index (χ4n) is 1.38. The molecule has 1 rings (SSSR count). The van der Waals surface area contributed by atoms with Crippen LogP contribution in [0.3, 0.4) is 0 Å². The van der Waals surface area contributed by atoms with Gasteiger partial charge in [-0.3, -0.25) is 4.79 Å². The summed E-state index contributed by atoms with van der Waals surface area (Å²) in [4.78, 5) is 12.2. The van der Waals surface area contributed by atoms with Crippen molar-refractivity contribution in [2.75, 3.05) is 11.6 Å². The predicted octanol–water partition coefficient (Wildman–Crippen LogP) is 4.53. The third-order valence-electron chi connectivity index (χ3n) is 2.06. The molecule has 0 aliphatic carbocycles. The van der Waals surface area contributed by atoms with Gasteiger partial charge in [0.2, 0.25) is 0 Å². The number of halogens is 4. The molecule has 0 heterocycles. The highest BCUT2D eigenvalue weighted by molar-refractivity contribution is 9.09. The molecule has 1 aromatic rings. The first-order valence-corrected chi connectivity index (χ1v) is 8.03. The van der Waals surface area contributed by atoms with Gasteiger partial charge in [-0.15, -0.1) is 11.8 Å². The molecule has 0 saturated carbocycles. The molecule has 0 atom stereocenters. The van der Waals surface area contributed by atoms with Crippen LogP contribution in [0.15, 0.2) is 28.0 Å². The fraction of sp³-hybridized carbons (Fsp3) is 0.364. The zero-order valence-corrected chi connectivity index (χ0v) is 12.6. The Bertz CT molecular complexity index is 435. The van der Waals surface area contributed by atoms with Crippen molar-refractivity contribution in [1.82, 2.24) is 0 Å². The fourth-order valence-corrected chi connectivity index (χ4v) is 2.98. The van der Waals surface area contributed by atoms with Crippen molar-refractivity contribution >= 4 is 45.2 Å². The monoisotopic (exact) mass is 358 g/mol. The van der Waals surface area contributed by atoms with E-state index in [0.717, 1.165) is 0 Å². The number of hydrogen-bond acceptors (Lipinski definition) is 3. The summed E-state index contributed by atoms with van der Waals surface area (Å²) < 4.78 is 37.3. The van der Waals surface area contributed by atoms with E-state index in [1.807, 2.05) is 0 Å². The Kier molecular flexibility index (Phi) is 6.07. The standard InChI is InChI=1S/C11H10BrF3OS2/c1-17-9-3-2-4-10(18-11(13,14)15)8(9)5-7(16)6-12/h2-4H,5-6H2,1H3. The topological polar surface area (TPSA) is 17.1 Å². The Morgan fingerprint density at radius 1 is 1.33 bits per heavy atom. The number of hydrogen-bond donors (Lipinski definition) is 0. The van der Waals surface area contributed by atoms with E-state index in [0.29, 0.717) is 10.5 Å². The highest BCUT2D eigenvalue weighted by Crippen LogP contribution is 2.40. The van der Waals surface area contributed by atoms with E-state index in [1.54, 1.807) is 18.4 Å². The van der Waals surface area contributed by atoms with Crippen molar-refractivity contribution in [2.45, 2.75) is 21.7 Å². The molecule has 0 N–H and O–H groups in total. The first-order chi connectivity index (χ1) is 8.37. The van der Waals surface area contributed by atoms with Gasteiger partial charge in [0.15, 0.2) is 0 Å². The minimum absolute atomic E-state index is 0.0146. The Morgan fingerprint density at radius 2 is 1.94 bits per heavy atom. The zero-order valence-electron chi connectivity index (χ0n) is 9.38. The van der Waals surface area contributed by atoms with Gasteiger partial charge in [-0.2, -0.15) is 13.2 Å². The lowest BCUT2D eigenvalue weighted by molar-refractivity contribution is -0.116. The summed E-state index contributed by atoms with van der Waals surface area (Å²) in [6, 6.07) is 4.69. The molecule has 0 amide bonds. The molecule has 7 heteroatoms. The number of carbonyl (C=O) groups excluding carboxylic acids is 1. The average Bonchev–Trinajstić information content (AvgIpc) is 2.29. The Balaban J connectivity index is 3.12. The summed E-state index contributed by atoms with van der Waals surface area (Å²) in [7, 11) is 0. The van der Waals surface area contributed by atoms with Gasteiger partial charge in [0.1, 0.15) is 5.78 Å². The summed E-state index contributed by atoms with van der Waals surface area (Å²) in [5.41, 5.74) is -3.89. The van der Waals surface area contributed by atoms with Gasteiger partial charge in [-0.05, 0) is 35.7 Å². The molecule has 1 nitrogen and oxygen atoms in total. The number of thioether (sulfide) groups is 2. The number of carbonyl (C=O) groups is 1. The van der Waals surface area contributed by atoms with E-state index in [2.05, 4.69) is 15.9 Å². The molecule has 0 radical (unpaired) electrons. The Labute approximate surface area is 120 Å². The molecule has 0 unspecified atom stereocenters. The zero-order chi connectivity index (χ0) is 13.8. The lowest BCUT2D eigenvalue weighted by atomic mass is 10.1. The maximum Gasteiger partial charge on any atom is 0.446 e. The summed E-state index contributed by atoms with van der Waals surface area (Å²) in [6.07, 6.45) is 1.79. The minimum Gasteiger partial charge on any atom is -0.298 e. The van der Waals surface area contributed by atoms with Gasteiger partial charge in [0, 0.05) is 16.2 Å². The number of Topliss-reactive ketones (excluding diaryl/α,β-unsaturated/α-hetero) is 1. The van der Waals surface area contributed by atoms with E-state index >= 15 is 0 Å². The maximum absolute atomic E-state index is 12.4. The predicted molar refractivity (Wildman–Crippen MR) is 72.6 cm³/mol. The Hall–Kier alpha value is -0.140. The molecular weight excluding hydrogens is 349 g/mol. The highest BCUT2D eigenvalue weighted by atomic mass is 79.9.